The Balaban J connectivity index is 0. The molecule has 8 heteroatoms. The zero-order chi connectivity index (χ0) is 21.7. The molecule has 0 heterocycles. The van der Waals surface area contributed by atoms with Gasteiger partial charge in [-0.05, 0) is 73.5 Å². The lowest BCUT2D eigenvalue weighted by atomic mass is 10.2. The fraction of sp³-hybridized carbons (Fsp3) is 0.905. The zero-order valence-corrected chi connectivity index (χ0v) is 22.5. The molecule has 1 amide bonds. The van der Waals surface area contributed by atoms with E-state index in [1.54, 1.807) is 19.0 Å². The molecular weight excluding hydrogens is 481 g/mol. The van der Waals surface area contributed by atoms with Crippen LogP contribution in [0.2, 0.25) is 0 Å². The molecule has 29 heavy (non-hydrogen) atoms. The summed E-state index contributed by atoms with van der Waals surface area (Å²) in [4.78, 5) is 20.5. The van der Waals surface area contributed by atoms with Gasteiger partial charge in [-0.1, -0.05) is 13.8 Å². The predicted molar refractivity (Wildman–Crippen MR) is 134 cm³/mol. The molecule has 0 radical (unpaired) electrons. The average molecular weight is 528 g/mol. The van der Waals surface area contributed by atoms with E-state index in [0.29, 0.717) is 6.04 Å². The Morgan fingerprint density at radius 1 is 1.14 bits per heavy atom. The number of guanidine groups is 1. The van der Waals surface area contributed by atoms with E-state index < -0.39 is 5.60 Å². The number of carbonyl (C=O) groups is 1. The van der Waals surface area contributed by atoms with Gasteiger partial charge in [-0.15, -0.1) is 24.0 Å². The van der Waals surface area contributed by atoms with Crippen LogP contribution in [-0.2, 0) is 4.74 Å². The summed E-state index contributed by atoms with van der Waals surface area (Å²) in [5, 5.41) is 6.79. The Bertz CT molecular complexity index is 464. The third-order valence-electron chi connectivity index (χ3n) is 4.81. The number of carbonyl (C=O) groups excluding carboxylic acids is 1. The number of aliphatic imine (C=N–C) groups is 1. The third-order valence-corrected chi connectivity index (χ3v) is 4.81. The highest BCUT2D eigenvalue weighted by Crippen LogP contribution is 2.11. The lowest BCUT2D eigenvalue weighted by Crippen LogP contribution is -2.45. The lowest BCUT2D eigenvalue weighted by Gasteiger charge is -2.29. The van der Waals surface area contributed by atoms with Crippen molar-refractivity contribution in [3.63, 3.8) is 0 Å². The smallest absolute Gasteiger partial charge is 0.410 e. The molecule has 0 spiro atoms. The van der Waals surface area contributed by atoms with Crippen molar-refractivity contribution in [2.24, 2.45) is 4.99 Å². The maximum atomic E-state index is 12.1. The first-order valence-corrected chi connectivity index (χ1v) is 10.7. The molecule has 2 unspecified atom stereocenters. The summed E-state index contributed by atoms with van der Waals surface area (Å²) in [5.74, 6) is 0.808. The van der Waals surface area contributed by atoms with Crippen molar-refractivity contribution < 1.29 is 9.53 Å². The van der Waals surface area contributed by atoms with E-state index in [2.05, 4.69) is 41.3 Å². The number of nitrogens with one attached hydrogen (secondary N) is 2. The van der Waals surface area contributed by atoms with E-state index in [1.807, 2.05) is 27.7 Å². The van der Waals surface area contributed by atoms with Crippen LogP contribution in [0.3, 0.4) is 0 Å². The first kappa shape index (κ1) is 30.4. The quantitative estimate of drug-likeness (QED) is 0.242. The Morgan fingerprint density at radius 3 is 2.21 bits per heavy atom. The maximum Gasteiger partial charge on any atom is 0.410 e. The van der Waals surface area contributed by atoms with Gasteiger partial charge in [-0.3, -0.25) is 4.99 Å². The number of amides is 1. The largest absolute Gasteiger partial charge is 0.444 e. The molecule has 0 bridgehead atoms. The first-order chi connectivity index (χ1) is 13.0. The highest BCUT2D eigenvalue weighted by Gasteiger charge is 2.22. The molecule has 0 aromatic carbocycles. The van der Waals surface area contributed by atoms with Crippen LogP contribution in [0.15, 0.2) is 4.99 Å². The maximum absolute atomic E-state index is 12.1. The second-order valence-electron chi connectivity index (χ2n) is 8.44. The van der Waals surface area contributed by atoms with Crippen molar-refractivity contribution in [2.45, 2.75) is 85.4 Å². The van der Waals surface area contributed by atoms with E-state index >= 15 is 0 Å². The molecule has 0 saturated carbocycles. The highest BCUT2D eigenvalue weighted by molar-refractivity contribution is 14.0. The molecule has 0 rings (SSSR count). The Labute approximate surface area is 196 Å². The Kier molecular flexibility index (Phi) is 16.8. The number of hydrogen-bond acceptors (Lipinski definition) is 4. The van der Waals surface area contributed by atoms with Crippen LogP contribution in [0.1, 0.15) is 67.7 Å². The van der Waals surface area contributed by atoms with Gasteiger partial charge in [0.2, 0.25) is 0 Å². The molecule has 0 aromatic rings. The fourth-order valence-electron chi connectivity index (χ4n) is 2.77. The van der Waals surface area contributed by atoms with Crippen LogP contribution >= 0.6 is 24.0 Å². The summed E-state index contributed by atoms with van der Waals surface area (Å²) in [6.45, 7) is 18.4. The molecule has 7 nitrogen and oxygen atoms in total. The zero-order valence-electron chi connectivity index (χ0n) is 20.2. The summed E-state index contributed by atoms with van der Waals surface area (Å²) in [6.07, 6.45) is 2.80. The Morgan fingerprint density at radius 2 is 1.72 bits per heavy atom. The lowest BCUT2D eigenvalue weighted by molar-refractivity contribution is 0.0230. The summed E-state index contributed by atoms with van der Waals surface area (Å²) in [5.41, 5.74) is -0.475. The van der Waals surface area contributed by atoms with Crippen molar-refractivity contribution in [3.05, 3.63) is 0 Å². The minimum Gasteiger partial charge on any atom is -0.444 e. The first-order valence-electron chi connectivity index (χ1n) is 10.7. The van der Waals surface area contributed by atoms with Crippen molar-refractivity contribution in [2.75, 3.05) is 40.3 Å². The molecule has 0 saturated heterocycles. The molecule has 0 aliphatic heterocycles. The second-order valence-corrected chi connectivity index (χ2v) is 8.44. The molecule has 0 fully saturated rings. The average Bonchev–Trinajstić information content (AvgIpc) is 2.62. The van der Waals surface area contributed by atoms with Gasteiger partial charge in [0, 0.05) is 32.7 Å². The molecule has 0 aliphatic carbocycles. The minimum absolute atomic E-state index is 0. The molecule has 0 aromatic heterocycles. The molecule has 2 N–H and O–H groups in total. The van der Waals surface area contributed by atoms with E-state index in [1.165, 1.54) is 6.42 Å². The summed E-state index contributed by atoms with van der Waals surface area (Å²) >= 11 is 0. The van der Waals surface area contributed by atoms with E-state index in [-0.39, 0.29) is 36.1 Å². The second kappa shape index (κ2) is 16.0. The number of hydrogen-bond donors (Lipinski definition) is 2. The third kappa shape index (κ3) is 14.8. The topological polar surface area (TPSA) is 69.2 Å². The molecule has 0 aliphatic rings. The van der Waals surface area contributed by atoms with Gasteiger partial charge >= 0.3 is 6.09 Å². The van der Waals surface area contributed by atoms with Crippen LogP contribution in [-0.4, -0.2) is 79.8 Å². The minimum atomic E-state index is -0.475. The highest BCUT2D eigenvalue weighted by atomic mass is 127. The molecule has 2 atom stereocenters. The van der Waals surface area contributed by atoms with E-state index in [9.17, 15) is 4.79 Å². The van der Waals surface area contributed by atoms with Gasteiger partial charge in [0.15, 0.2) is 5.96 Å². The number of nitrogens with zero attached hydrogens (tertiary/aromatic N) is 3. The van der Waals surface area contributed by atoms with Gasteiger partial charge in [0.05, 0.1) is 0 Å². The van der Waals surface area contributed by atoms with Crippen molar-refractivity contribution >= 4 is 36.0 Å². The molecular formula is C21H46IN5O2. The summed E-state index contributed by atoms with van der Waals surface area (Å²) in [7, 11) is 3.57. The fourth-order valence-corrected chi connectivity index (χ4v) is 2.77. The molecule has 174 valence electrons. The summed E-state index contributed by atoms with van der Waals surface area (Å²) in [6, 6.07) is 0.440. The van der Waals surface area contributed by atoms with Crippen molar-refractivity contribution in [3.8, 4) is 0 Å². The number of halogens is 1. The van der Waals surface area contributed by atoms with Crippen LogP contribution in [0.5, 0.6) is 0 Å². The van der Waals surface area contributed by atoms with Crippen molar-refractivity contribution in [1.82, 2.24) is 20.4 Å². The van der Waals surface area contributed by atoms with Crippen LogP contribution in [0.25, 0.3) is 0 Å². The normalized spacial score (nSPS) is 14.1. The number of ether oxygens (including phenoxy) is 1. The van der Waals surface area contributed by atoms with Gasteiger partial charge in [-0.2, -0.15) is 0 Å². The Hall–Kier alpha value is -0.770. The number of rotatable bonds is 11. The summed E-state index contributed by atoms with van der Waals surface area (Å²) < 4.78 is 5.42. The monoisotopic (exact) mass is 527 g/mol. The van der Waals surface area contributed by atoms with Gasteiger partial charge < -0.3 is 25.2 Å². The SMILES string of the molecule is CCN(CC)CCCC(C)NC(=NC)NCCC(C)N(C)C(=O)OC(C)(C)C.I. The predicted octanol–water partition coefficient (Wildman–Crippen LogP) is 3.93. The van der Waals surface area contributed by atoms with Gasteiger partial charge in [0.1, 0.15) is 5.60 Å². The van der Waals surface area contributed by atoms with Gasteiger partial charge in [0.25, 0.3) is 0 Å². The van der Waals surface area contributed by atoms with Gasteiger partial charge in [-0.25, -0.2) is 4.79 Å². The van der Waals surface area contributed by atoms with E-state index in [0.717, 1.165) is 45.0 Å². The van der Waals surface area contributed by atoms with E-state index in [4.69, 9.17) is 4.74 Å². The van der Waals surface area contributed by atoms with Crippen LogP contribution < -0.4 is 10.6 Å². The van der Waals surface area contributed by atoms with Crippen LogP contribution in [0, 0.1) is 0 Å². The standard InChI is InChI=1S/C21H45N5O2.HI/c1-10-26(11-2)16-12-13-17(3)24-19(22-8)23-15-14-18(4)25(9)20(27)28-21(5,6)7;/h17-18H,10-16H2,1-9H3,(H2,22,23,24);1H. The van der Waals surface area contributed by atoms with Crippen LogP contribution in [0.4, 0.5) is 4.79 Å². The van der Waals surface area contributed by atoms with Crippen molar-refractivity contribution in [1.29, 1.82) is 0 Å².